The second kappa shape index (κ2) is 9.26. The number of benzene rings is 1. The monoisotopic (exact) mass is 437 g/mol. The Morgan fingerprint density at radius 3 is 2.60 bits per heavy atom. The summed E-state index contributed by atoms with van der Waals surface area (Å²) in [5.41, 5.74) is 1.13. The molecule has 0 N–H and O–H groups in total. The minimum absolute atomic E-state index is 0.0344. The molecule has 9 heteroatoms. The maximum atomic E-state index is 13.2. The zero-order valence-corrected chi connectivity index (χ0v) is 18.4. The second-order valence-electron chi connectivity index (χ2n) is 7.90. The molecule has 1 aliphatic rings. The highest BCUT2D eigenvalue weighted by Crippen LogP contribution is 2.23. The molecule has 1 atom stereocenters. The Balaban J connectivity index is 1.95. The van der Waals surface area contributed by atoms with Gasteiger partial charge in [0.1, 0.15) is 5.82 Å². The average Bonchev–Trinajstić information content (AvgIpc) is 3.31. The fourth-order valence-corrected chi connectivity index (χ4v) is 5.15. The molecule has 3 rings (SSSR count). The maximum Gasteiger partial charge on any atom is 0.228 e. The van der Waals surface area contributed by atoms with Crippen molar-refractivity contribution >= 4 is 15.7 Å². The lowest BCUT2D eigenvalue weighted by atomic mass is 10.2. The van der Waals surface area contributed by atoms with Crippen LogP contribution in [0.2, 0.25) is 0 Å². The number of imidazole rings is 1. The second-order valence-corrected chi connectivity index (χ2v) is 9.79. The van der Waals surface area contributed by atoms with E-state index >= 15 is 0 Å². The standard InChI is InChI=1S/C21H28FN3O4S/c1-15(2)24(16(3)26)12-19-11-23-21(25(19)13-20-5-4-10-29-20)30(27,28)14-17-6-8-18(22)9-7-17/h6-9,11,15,20H,4-5,10,12-14H2,1-3H3. The van der Waals surface area contributed by atoms with Crippen LogP contribution in [0.1, 0.15) is 44.9 Å². The molecule has 0 saturated carbocycles. The highest BCUT2D eigenvalue weighted by atomic mass is 32.2. The first kappa shape index (κ1) is 22.4. The van der Waals surface area contributed by atoms with E-state index < -0.39 is 15.7 Å². The average molecular weight is 438 g/mol. The molecular formula is C21H28FN3O4S. The topological polar surface area (TPSA) is 81.5 Å². The van der Waals surface area contributed by atoms with Crippen LogP contribution >= 0.6 is 0 Å². The summed E-state index contributed by atoms with van der Waals surface area (Å²) >= 11 is 0. The third-order valence-electron chi connectivity index (χ3n) is 5.22. The Morgan fingerprint density at radius 1 is 1.33 bits per heavy atom. The molecule has 0 aliphatic carbocycles. The molecule has 7 nitrogen and oxygen atoms in total. The molecule has 1 saturated heterocycles. The molecule has 1 fully saturated rings. The van der Waals surface area contributed by atoms with Crippen molar-refractivity contribution in [1.82, 2.24) is 14.5 Å². The number of amides is 1. The van der Waals surface area contributed by atoms with E-state index in [2.05, 4.69) is 4.98 Å². The van der Waals surface area contributed by atoms with E-state index in [4.69, 9.17) is 4.74 Å². The summed E-state index contributed by atoms with van der Waals surface area (Å²) < 4.78 is 46.9. The van der Waals surface area contributed by atoms with E-state index in [1.807, 2.05) is 13.8 Å². The lowest BCUT2D eigenvalue weighted by molar-refractivity contribution is -0.131. The Labute approximate surface area is 176 Å². The molecule has 2 aromatic rings. The SMILES string of the molecule is CC(=O)N(Cc1cnc(S(=O)(=O)Cc2ccc(F)cc2)n1CC1CCCO1)C(C)C. The van der Waals surface area contributed by atoms with Gasteiger partial charge in [-0.3, -0.25) is 4.79 Å². The van der Waals surface area contributed by atoms with Crippen molar-refractivity contribution < 1.29 is 22.3 Å². The first-order valence-corrected chi connectivity index (χ1v) is 11.7. The van der Waals surface area contributed by atoms with Crippen LogP contribution in [-0.4, -0.2) is 47.5 Å². The van der Waals surface area contributed by atoms with Crippen LogP contribution in [-0.2, 0) is 38.2 Å². The van der Waals surface area contributed by atoms with Crippen molar-refractivity contribution in [3.8, 4) is 0 Å². The normalized spacial score (nSPS) is 16.9. The van der Waals surface area contributed by atoms with E-state index in [0.29, 0.717) is 24.4 Å². The first-order valence-electron chi connectivity index (χ1n) is 10.1. The van der Waals surface area contributed by atoms with Gasteiger partial charge in [0.05, 0.1) is 36.8 Å². The Morgan fingerprint density at radius 2 is 2.03 bits per heavy atom. The van der Waals surface area contributed by atoms with Gasteiger partial charge in [-0.2, -0.15) is 0 Å². The molecule has 164 valence electrons. The van der Waals surface area contributed by atoms with Gasteiger partial charge in [0.2, 0.25) is 20.9 Å². The van der Waals surface area contributed by atoms with Gasteiger partial charge < -0.3 is 14.2 Å². The molecule has 0 spiro atoms. The largest absolute Gasteiger partial charge is 0.376 e. The molecule has 0 radical (unpaired) electrons. The molecule has 1 aromatic carbocycles. The number of nitrogens with zero attached hydrogens (tertiary/aromatic N) is 3. The van der Waals surface area contributed by atoms with Crippen molar-refractivity contribution in [3.63, 3.8) is 0 Å². The third kappa shape index (κ3) is 5.26. The summed E-state index contributed by atoms with van der Waals surface area (Å²) in [5, 5.41) is -0.0513. The quantitative estimate of drug-likeness (QED) is 0.634. The van der Waals surface area contributed by atoms with Gasteiger partial charge in [-0.05, 0) is 44.4 Å². The first-order chi connectivity index (χ1) is 14.2. The predicted molar refractivity (Wildman–Crippen MR) is 110 cm³/mol. The summed E-state index contributed by atoms with van der Waals surface area (Å²) in [4.78, 5) is 17.9. The Bertz CT molecular complexity index is 980. The summed E-state index contributed by atoms with van der Waals surface area (Å²) in [6.45, 7) is 6.59. The van der Waals surface area contributed by atoms with Gasteiger partial charge in [0.15, 0.2) is 0 Å². The summed E-state index contributed by atoms with van der Waals surface area (Å²) in [6.07, 6.45) is 3.20. The lowest BCUT2D eigenvalue weighted by Crippen LogP contribution is -2.35. The minimum atomic E-state index is -3.78. The van der Waals surface area contributed by atoms with Crippen molar-refractivity contribution in [2.24, 2.45) is 0 Å². The number of hydrogen-bond acceptors (Lipinski definition) is 5. The van der Waals surface area contributed by atoms with E-state index in [-0.39, 0.29) is 35.5 Å². The number of halogens is 1. The summed E-state index contributed by atoms with van der Waals surface area (Å²) in [6, 6.07) is 5.35. The lowest BCUT2D eigenvalue weighted by Gasteiger charge is -2.26. The highest BCUT2D eigenvalue weighted by molar-refractivity contribution is 7.90. The van der Waals surface area contributed by atoms with Gasteiger partial charge >= 0.3 is 0 Å². The smallest absolute Gasteiger partial charge is 0.228 e. The van der Waals surface area contributed by atoms with E-state index in [1.54, 1.807) is 9.47 Å². The number of sulfone groups is 1. The molecule has 1 unspecified atom stereocenters. The minimum Gasteiger partial charge on any atom is -0.376 e. The maximum absolute atomic E-state index is 13.2. The van der Waals surface area contributed by atoms with Crippen molar-refractivity contribution in [2.75, 3.05) is 6.61 Å². The molecular weight excluding hydrogens is 409 g/mol. The van der Waals surface area contributed by atoms with Crippen LogP contribution in [0.5, 0.6) is 0 Å². The van der Waals surface area contributed by atoms with E-state index in [0.717, 1.165) is 12.8 Å². The van der Waals surface area contributed by atoms with Crippen LogP contribution in [0.25, 0.3) is 0 Å². The van der Waals surface area contributed by atoms with Crippen LogP contribution in [0.4, 0.5) is 4.39 Å². The van der Waals surface area contributed by atoms with Gasteiger partial charge in [0.25, 0.3) is 0 Å². The van der Waals surface area contributed by atoms with Gasteiger partial charge in [0, 0.05) is 19.6 Å². The Hall–Kier alpha value is -2.26. The van der Waals surface area contributed by atoms with Crippen molar-refractivity contribution in [3.05, 3.63) is 47.5 Å². The van der Waals surface area contributed by atoms with E-state index in [9.17, 15) is 17.6 Å². The molecule has 30 heavy (non-hydrogen) atoms. The number of carbonyl (C=O) groups excluding carboxylic acids is 1. The number of carbonyl (C=O) groups is 1. The summed E-state index contributed by atoms with van der Waals surface area (Å²) in [5.74, 6) is -0.794. The van der Waals surface area contributed by atoms with Gasteiger partial charge in [-0.15, -0.1) is 0 Å². The molecule has 1 aromatic heterocycles. The molecule has 2 heterocycles. The highest BCUT2D eigenvalue weighted by Gasteiger charge is 2.28. The molecule has 0 bridgehead atoms. The zero-order chi connectivity index (χ0) is 21.9. The fourth-order valence-electron chi connectivity index (χ4n) is 3.65. The van der Waals surface area contributed by atoms with Gasteiger partial charge in [-0.25, -0.2) is 17.8 Å². The van der Waals surface area contributed by atoms with Crippen LogP contribution in [0.15, 0.2) is 35.6 Å². The third-order valence-corrected chi connectivity index (χ3v) is 6.82. The van der Waals surface area contributed by atoms with Crippen molar-refractivity contribution in [2.45, 2.75) is 69.8 Å². The number of ether oxygens (including phenoxy) is 1. The van der Waals surface area contributed by atoms with Crippen LogP contribution < -0.4 is 0 Å². The number of aromatic nitrogens is 2. The number of hydrogen-bond donors (Lipinski definition) is 0. The van der Waals surface area contributed by atoms with Crippen molar-refractivity contribution in [1.29, 1.82) is 0 Å². The van der Waals surface area contributed by atoms with Crippen LogP contribution in [0.3, 0.4) is 0 Å². The zero-order valence-electron chi connectivity index (χ0n) is 17.5. The molecule has 1 aliphatic heterocycles. The fraction of sp³-hybridized carbons (Fsp3) is 0.524. The molecule has 1 amide bonds. The predicted octanol–water partition coefficient (Wildman–Crippen LogP) is 2.93. The van der Waals surface area contributed by atoms with Gasteiger partial charge in [-0.1, -0.05) is 12.1 Å². The number of rotatable bonds is 8. The Kier molecular flexibility index (Phi) is 6.92. The summed E-state index contributed by atoms with van der Waals surface area (Å²) in [7, 11) is -3.78. The van der Waals surface area contributed by atoms with E-state index in [1.165, 1.54) is 37.4 Å². The van der Waals surface area contributed by atoms with Crippen LogP contribution in [0, 0.1) is 5.82 Å².